The summed E-state index contributed by atoms with van der Waals surface area (Å²) in [6.45, 7) is 1.60. The van der Waals surface area contributed by atoms with E-state index in [0.717, 1.165) is 13.1 Å². The molecule has 0 spiro atoms. The molecule has 0 heterocycles. The van der Waals surface area contributed by atoms with Gasteiger partial charge in [0.2, 0.25) is 0 Å². The fourth-order valence-corrected chi connectivity index (χ4v) is 1.48. The molecule has 84 valence electrons. The minimum Gasteiger partial charge on any atom is -1.00 e. The monoisotopic (exact) mass is 255 g/mol. The molecular weight excluding hydrogens is 242 g/mol. The SMILES string of the molecule is [Cl-].[Mg+2].c1ccc(C[N-]Cc2ccccc2)cc1. The van der Waals surface area contributed by atoms with E-state index in [0.29, 0.717) is 0 Å². The number of hydrogen-bond donors (Lipinski definition) is 0. The van der Waals surface area contributed by atoms with Crippen molar-refractivity contribution in [2.24, 2.45) is 0 Å². The van der Waals surface area contributed by atoms with Crippen LogP contribution in [-0.2, 0) is 13.1 Å². The van der Waals surface area contributed by atoms with Gasteiger partial charge in [0.25, 0.3) is 0 Å². The van der Waals surface area contributed by atoms with Crippen molar-refractivity contribution in [3.63, 3.8) is 0 Å². The molecule has 0 saturated heterocycles. The van der Waals surface area contributed by atoms with Gasteiger partial charge in [-0.15, -0.1) is 13.1 Å². The predicted molar refractivity (Wildman–Crippen MR) is 69.4 cm³/mol. The number of nitrogens with zero attached hydrogens (tertiary/aromatic N) is 1. The van der Waals surface area contributed by atoms with Gasteiger partial charge in [-0.05, 0) is 0 Å². The van der Waals surface area contributed by atoms with Gasteiger partial charge in [-0.1, -0.05) is 71.8 Å². The van der Waals surface area contributed by atoms with Crippen LogP contribution < -0.4 is 12.4 Å². The van der Waals surface area contributed by atoms with Crippen LogP contribution in [-0.4, -0.2) is 23.1 Å². The summed E-state index contributed by atoms with van der Waals surface area (Å²) in [5, 5.41) is 4.51. The van der Waals surface area contributed by atoms with Gasteiger partial charge in [0.1, 0.15) is 0 Å². The summed E-state index contributed by atoms with van der Waals surface area (Å²) < 4.78 is 0. The molecule has 0 bridgehead atoms. The van der Waals surface area contributed by atoms with Gasteiger partial charge in [0.05, 0.1) is 0 Å². The third kappa shape index (κ3) is 6.08. The Bertz CT molecular complexity index is 352. The van der Waals surface area contributed by atoms with Crippen LogP contribution in [0.1, 0.15) is 11.1 Å². The molecule has 2 aromatic rings. The summed E-state index contributed by atoms with van der Waals surface area (Å²) in [6.07, 6.45) is 0. The van der Waals surface area contributed by atoms with Gasteiger partial charge in [-0.3, -0.25) is 0 Å². The average Bonchev–Trinajstić information content (AvgIpc) is 2.32. The maximum absolute atomic E-state index is 4.51. The normalized spacial score (nSPS) is 8.94. The Hall–Kier alpha value is -0.544. The molecule has 0 fully saturated rings. The molecule has 0 aromatic heterocycles. The quantitative estimate of drug-likeness (QED) is 0.702. The van der Waals surface area contributed by atoms with E-state index in [4.69, 9.17) is 0 Å². The summed E-state index contributed by atoms with van der Waals surface area (Å²) in [5.41, 5.74) is 2.54. The van der Waals surface area contributed by atoms with Gasteiger partial charge in [-0.2, -0.15) is 0 Å². The van der Waals surface area contributed by atoms with E-state index in [1.807, 2.05) is 36.4 Å². The molecule has 0 aliphatic heterocycles. The summed E-state index contributed by atoms with van der Waals surface area (Å²) in [5.74, 6) is 0. The molecule has 0 radical (unpaired) electrons. The Morgan fingerprint density at radius 3 is 1.35 bits per heavy atom. The Labute approximate surface area is 125 Å². The summed E-state index contributed by atoms with van der Waals surface area (Å²) in [7, 11) is 0. The van der Waals surface area contributed by atoms with Crippen LogP contribution in [0, 0.1) is 0 Å². The molecule has 17 heavy (non-hydrogen) atoms. The number of benzene rings is 2. The first kappa shape index (κ1) is 16.5. The van der Waals surface area contributed by atoms with Crippen molar-refractivity contribution in [3.05, 3.63) is 77.1 Å². The van der Waals surface area contributed by atoms with Crippen molar-refractivity contribution >= 4 is 23.1 Å². The van der Waals surface area contributed by atoms with Crippen LogP contribution in [0.5, 0.6) is 0 Å². The standard InChI is InChI=1S/C14H14N.ClH.Mg/c1-3-7-13(8-4-1)11-15-12-14-9-5-2-6-10-14;;/h1-10H,11-12H2;1H;/q-1;;+2/p-1. The molecule has 0 aliphatic carbocycles. The fourth-order valence-electron chi connectivity index (χ4n) is 1.48. The first-order chi connectivity index (χ1) is 7.45. The van der Waals surface area contributed by atoms with Gasteiger partial charge in [-0.25, -0.2) is 0 Å². The molecule has 1 nitrogen and oxygen atoms in total. The average molecular weight is 256 g/mol. The number of halogens is 1. The molecular formula is C14H14ClMgN. The minimum atomic E-state index is 0. The first-order valence-electron chi connectivity index (χ1n) is 5.16. The molecule has 0 atom stereocenters. The number of rotatable bonds is 4. The maximum atomic E-state index is 4.51. The third-order valence-corrected chi connectivity index (χ3v) is 2.27. The Kier molecular flexibility index (Phi) is 9.18. The predicted octanol–water partition coefficient (Wildman–Crippen LogP) is 0.384. The summed E-state index contributed by atoms with van der Waals surface area (Å²) in [6, 6.07) is 20.7. The zero-order valence-electron chi connectivity index (χ0n) is 9.72. The van der Waals surface area contributed by atoms with E-state index in [1.54, 1.807) is 0 Å². The molecule has 2 rings (SSSR count). The second-order valence-electron chi connectivity index (χ2n) is 3.51. The van der Waals surface area contributed by atoms with E-state index in [2.05, 4.69) is 29.6 Å². The second kappa shape index (κ2) is 9.48. The smallest absolute Gasteiger partial charge is 1.00 e. The first-order valence-corrected chi connectivity index (χ1v) is 5.16. The molecule has 0 saturated carbocycles. The van der Waals surface area contributed by atoms with Gasteiger partial charge in [0, 0.05) is 0 Å². The van der Waals surface area contributed by atoms with Crippen LogP contribution >= 0.6 is 0 Å². The van der Waals surface area contributed by atoms with Crippen molar-refractivity contribution in [2.45, 2.75) is 13.1 Å². The van der Waals surface area contributed by atoms with Gasteiger partial charge >= 0.3 is 23.1 Å². The van der Waals surface area contributed by atoms with Crippen LogP contribution in [0.3, 0.4) is 0 Å². The molecule has 0 amide bonds. The van der Waals surface area contributed by atoms with Crippen molar-refractivity contribution < 1.29 is 12.4 Å². The Morgan fingerprint density at radius 1 is 0.647 bits per heavy atom. The molecule has 0 unspecified atom stereocenters. The maximum Gasteiger partial charge on any atom is 2.00 e. The zero-order valence-corrected chi connectivity index (χ0v) is 11.9. The van der Waals surface area contributed by atoms with E-state index >= 15 is 0 Å². The van der Waals surface area contributed by atoms with Crippen molar-refractivity contribution in [1.29, 1.82) is 0 Å². The van der Waals surface area contributed by atoms with Gasteiger partial charge in [0.15, 0.2) is 0 Å². The van der Waals surface area contributed by atoms with Crippen molar-refractivity contribution in [2.75, 3.05) is 0 Å². The van der Waals surface area contributed by atoms with E-state index in [1.165, 1.54) is 11.1 Å². The van der Waals surface area contributed by atoms with Gasteiger partial charge < -0.3 is 17.7 Å². The van der Waals surface area contributed by atoms with Crippen LogP contribution in [0.2, 0.25) is 0 Å². The number of hydrogen-bond acceptors (Lipinski definition) is 0. The molecule has 3 heteroatoms. The minimum absolute atomic E-state index is 0. The Morgan fingerprint density at radius 2 is 1.00 bits per heavy atom. The van der Waals surface area contributed by atoms with E-state index in [9.17, 15) is 0 Å². The molecule has 0 N–H and O–H groups in total. The molecule has 0 aliphatic rings. The van der Waals surface area contributed by atoms with E-state index in [-0.39, 0.29) is 35.5 Å². The van der Waals surface area contributed by atoms with Crippen LogP contribution in [0.25, 0.3) is 5.32 Å². The van der Waals surface area contributed by atoms with Crippen molar-refractivity contribution in [3.8, 4) is 0 Å². The second-order valence-corrected chi connectivity index (χ2v) is 3.51. The topological polar surface area (TPSA) is 14.1 Å². The van der Waals surface area contributed by atoms with E-state index < -0.39 is 0 Å². The zero-order chi connectivity index (χ0) is 10.3. The molecule has 2 aromatic carbocycles. The van der Waals surface area contributed by atoms with Crippen LogP contribution in [0.15, 0.2) is 60.7 Å². The largest absolute Gasteiger partial charge is 2.00 e. The summed E-state index contributed by atoms with van der Waals surface area (Å²) in [4.78, 5) is 0. The summed E-state index contributed by atoms with van der Waals surface area (Å²) >= 11 is 0. The third-order valence-electron chi connectivity index (χ3n) is 2.27. The van der Waals surface area contributed by atoms with Crippen molar-refractivity contribution in [1.82, 2.24) is 0 Å². The van der Waals surface area contributed by atoms with Crippen LogP contribution in [0.4, 0.5) is 0 Å². The fraction of sp³-hybridized carbons (Fsp3) is 0.143. The Balaban J connectivity index is 0.00000128.